The third-order valence-corrected chi connectivity index (χ3v) is 5.97. The summed E-state index contributed by atoms with van der Waals surface area (Å²) in [5.41, 5.74) is 3.26. The number of anilines is 1. The van der Waals surface area contributed by atoms with E-state index in [1.165, 1.54) is 12.8 Å². The summed E-state index contributed by atoms with van der Waals surface area (Å²) < 4.78 is 0. The lowest BCUT2D eigenvalue weighted by atomic mass is 10.1. The molecule has 4 heterocycles. The average molecular weight is 363 g/mol. The highest BCUT2D eigenvalue weighted by Gasteiger charge is 2.33. The minimum Gasteiger partial charge on any atom is -0.338 e. The van der Waals surface area contributed by atoms with Gasteiger partial charge in [-0.1, -0.05) is 30.3 Å². The van der Waals surface area contributed by atoms with E-state index in [1.54, 1.807) is 0 Å². The molecule has 0 spiro atoms. The van der Waals surface area contributed by atoms with Crippen molar-refractivity contribution in [3.05, 3.63) is 53.3 Å². The van der Waals surface area contributed by atoms with Gasteiger partial charge >= 0.3 is 0 Å². The first-order chi connectivity index (χ1) is 13.2. The summed E-state index contributed by atoms with van der Waals surface area (Å²) in [6.45, 7) is 3.35. The van der Waals surface area contributed by atoms with Crippen molar-refractivity contribution in [1.82, 2.24) is 20.2 Å². The monoisotopic (exact) mass is 363 g/mol. The Morgan fingerprint density at radius 1 is 1.15 bits per heavy atom. The van der Waals surface area contributed by atoms with Gasteiger partial charge in [0.25, 0.3) is 0 Å². The van der Waals surface area contributed by atoms with E-state index >= 15 is 0 Å². The lowest BCUT2D eigenvalue weighted by Crippen LogP contribution is -2.51. The van der Waals surface area contributed by atoms with Crippen LogP contribution in [0.3, 0.4) is 0 Å². The van der Waals surface area contributed by atoms with Gasteiger partial charge < -0.3 is 15.1 Å². The molecule has 2 saturated heterocycles. The van der Waals surface area contributed by atoms with Gasteiger partial charge in [0.1, 0.15) is 0 Å². The number of aromatic nitrogens is 2. The molecule has 2 atom stereocenters. The van der Waals surface area contributed by atoms with Crippen LogP contribution in [0.5, 0.6) is 0 Å². The number of rotatable bonds is 3. The van der Waals surface area contributed by atoms with Crippen molar-refractivity contribution in [2.24, 2.45) is 0 Å². The molecular formula is C21H25N5O. The number of nitrogens with zero attached hydrogens (tertiary/aromatic N) is 4. The Kier molecular flexibility index (Phi) is 4.28. The molecule has 6 nitrogen and oxygen atoms in total. The van der Waals surface area contributed by atoms with Gasteiger partial charge in [-0.25, -0.2) is 9.97 Å². The molecule has 140 valence electrons. The molecule has 2 bridgehead atoms. The summed E-state index contributed by atoms with van der Waals surface area (Å²) in [5.74, 6) is 1.03. The number of benzene rings is 1. The molecule has 1 N–H and O–H groups in total. The first-order valence-corrected chi connectivity index (χ1v) is 9.92. The van der Waals surface area contributed by atoms with Crippen LogP contribution in [0.1, 0.15) is 29.7 Å². The normalized spacial score (nSPS) is 24.0. The standard InChI is InChI=1S/C21H25N5O/c27-20(10-15-4-2-1-3-5-15)25-9-8-19-16(12-25)11-22-21(24-19)26-13-17-6-7-18(14-26)23-17/h1-5,11,17-18,23H,6-10,12-14H2. The van der Waals surface area contributed by atoms with Crippen molar-refractivity contribution in [2.75, 3.05) is 24.5 Å². The topological polar surface area (TPSA) is 61.4 Å². The summed E-state index contributed by atoms with van der Waals surface area (Å²) >= 11 is 0. The van der Waals surface area contributed by atoms with Gasteiger partial charge in [0, 0.05) is 56.4 Å². The zero-order valence-corrected chi connectivity index (χ0v) is 15.5. The van der Waals surface area contributed by atoms with Gasteiger partial charge in [-0.3, -0.25) is 4.79 Å². The minimum absolute atomic E-state index is 0.176. The van der Waals surface area contributed by atoms with Gasteiger partial charge in [0.05, 0.1) is 12.1 Å². The Labute approximate surface area is 159 Å². The molecule has 5 rings (SSSR count). The lowest BCUT2D eigenvalue weighted by molar-refractivity contribution is -0.131. The number of hydrogen-bond donors (Lipinski definition) is 1. The van der Waals surface area contributed by atoms with Gasteiger partial charge in [-0.05, 0) is 18.4 Å². The molecule has 0 saturated carbocycles. The van der Waals surface area contributed by atoms with Crippen molar-refractivity contribution in [1.29, 1.82) is 0 Å². The smallest absolute Gasteiger partial charge is 0.227 e. The predicted octanol–water partition coefficient (Wildman–Crippen LogP) is 1.54. The summed E-state index contributed by atoms with van der Waals surface area (Å²) in [5, 5.41) is 3.65. The Bertz CT molecular complexity index is 828. The van der Waals surface area contributed by atoms with Crippen molar-refractivity contribution in [3.63, 3.8) is 0 Å². The fraction of sp³-hybridized carbons (Fsp3) is 0.476. The number of carbonyl (C=O) groups excluding carboxylic acids is 1. The zero-order chi connectivity index (χ0) is 18.2. The number of amides is 1. The molecular weight excluding hydrogens is 338 g/mol. The van der Waals surface area contributed by atoms with Gasteiger partial charge in [0.15, 0.2) is 0 Å². The molecule has 27 heavy (non-hydrogen) atoms. The number of piperazine rings is 1. The molecule has 1 amide bonds. The van der Waals surface area contributed by atoms with Crippen molar-refractivity contribution < 1.29 is 4.79 Å². The Balaban J connectivity index is 1.27. The second-order valence-electron chi connectivity index (χ2n) is 7.91. The van der Waals surface area contributed by atoms with Crippen LogP contribution in [0, 0.1) is 0 Å². The van der Waals surface area contributed by atoms with Gasteiger partial charge in [-0.15, -0.1) is 0 Å². The van der Waals surface area contributed by atoms with Crippen molar-refractivity contribution in [2.45, 2.75) is 44.3 Å². The van der Waals surface area contributed by atoms with E-state index in [-0.39, 0.29) is 5.91 Å². The maximum absolute atomic E-state index is 12.6. The van der Waals surface area contributed by atoms with E-state index in [0.717, 1.165) is 48.8 Å². The molecule has 0 aliphatic carbocycles. The summed E-state index contributed by atoms with van der Waals surface area (Å²) in [6.07, 6.45) is 5.71. The average Bonchev–Trinajstić information content (AvgIpc) is 3.05. The third-order valence-electron chi connectivity index (χ3n) is 5.97. The second-order valence-corrected chi connectivity index (χ2v) is 7.91. The van der Waals surface area contributed by atoms with Crippen LogP contribution in [-0.4, -0.2) is 52.5 Å². The van der Waals surface area contributed by atoms with Gasteiger partial charge in [0.2, 0.25) is 11.9 Å². The highest BCUT2D eigenvalue weighted by Crippen LogP contribution is 2.25. The first-order valence-electron chi connectivity index (χ1n) is 9.92. The van der Waals surface area contributed by atoms with E-state index in [9.17, 15) is 4.79 Å². The molecule has 3 aliphatic rings. The summed E-state index contributed by atoms with van der Waals surface area (Å²) in [6, 6.07) is 11.1. The largest absolute Gasteiger partial charge is 0.338 e. The van der Waals surface area contributed by atoms with E-state index in [1.807, 2.05) is 41.4 Å². The maximum atomic E-state index is 12.6. The molecule has 2 unspecified atom stereocenters. The maximum Gasteiger partial charge on any atom is 0.227 e. The first kappa shape index (κ1) is 16.7. The number of fused-ring (bicyclic) bond motifs is 3. The van der Waals surface area contributed by atoms with E-state index in [0.29, 0.717) is 25.0 Å². The molecule has 1 aromatic carbocycles. The van der Waals surface area contributed by atoms with Gasteiger partial charge in [-0.2, -0.15) is 0 Å². The highest BCUT2D eigenvalue weighted by molar-refractivity contribution is 5.79. The fourth-order valence-corrected chi connectivity index (χ4v) is 4.51. The number of carbonyl (C=O) groups is 1. The number of hydrogen-bond acceptors (Lipinski definition) is 5. The summed E-state index contributed by atoms with van der Waals surface area (Å²) in [4.78, 5) is 26.4. The molecule has 0 radical (unpaired) electrons. The molecule has 2 aromatic rings. The lowest BCUT2D eigenvalue weighted by Gasteiger charge is -2.34. The zero-order valence-electron chi connectivity index (χ0n) is 15.5. The third kappa shape index (κ3) is 3.41. The SMILES string of the molecule is O=C(Cc1ccccc1)N1CCc2nc(N3CC4CCC(C3)N4)ncc2C1. The van der Waals surface area contributed by atoms with Crippen molar-refractivity contribution >= 4 is 11.9 Å². The van der Waals surface area contributed by atoms with Crippen LogP contribution in [0.15, 0.2) is 36.5 Å². The van der Waals surface area contributed by atoms with Crippen LogP contribution < -0.4 is 10.2 Å². The van der Waals surface area contributed by atoms with E-state index < -0.39 is 0 Å². The van der Waals surface area contributed by atoms with E-state index in [2.05, 4.69) is 15.2 Å². The Hall–Kier alpha value is -2.47. The van der Waals surface area contributed by atoms with E-state index in [4.69, 9.17) is 4.98 Å². The van der Waals surface area contributed by atoms with Crippen LogP contribution in [-0.2, 0) is 24.2 Å². The fourth-order valence-electron chi connectivity index (χ4n) is 4.51. The second kappa shape index (κ2) is 6.93. The van der Waals surface area contributed by atoms with Crippen molar-refractivity contribution in [3.8, 4) is 0 Å². The Morgan fingerprint density at radius 2 is 1.93 bits per heavy atom. The van der Waals surface area contributed by atoms with Crippen LogP contribution in [0.25, 0.3) is 0 Å². The van der Waals surface area contributed by atoms with Crippen LogP contribution in [0.4, 0.5) is 5.95 Å². The molecule has 2 fully saturated rings. The quantitative estimate of drug-likeness (QED) is 0.896. The minimum atomic E-state index is 0.176. The van der Waals surface area contributed by atoms with Crippen LogP contribution in [0.2, 0.25) is 0 Å². The molecule has 1 aromatic heterocycles. The Morgan fingerprint density at radius 3 is 2.70 bits per heavy atom. The predicted molar refractivity (Wildman–Crippen MR) is 103 cm³/mol. The number of nitrogens with one attached hydrogen (secondary N) is 1. The molecule has 6 heteroatoms. The molecule has 3 aliphatic heterocycles. The summed E-state index contributed by atoms with van der Waals surface area (Å²) in [7, 11) is 0. The highest BCUT2D eigenvalue weighted by atomic mass is 16.2. The van der Waals surface area contributed by atoms with Crippen LogP contribution >= 0.6 is 0 Å².